The van der Waals surface area contributed by atoms with Gasteiger partial charge in [0, 0.05) is 24.5 Å². The van der Waals surface area contributed by atoms with Crippen LogP contribution >= 0.6 is 0 Å². The van der Waals surface area contributed by atoms with Crippen LogP contribution in [-0.4, -0.2) is 45.5 Å². The van der Waals surface area contributed by atoms with Gasteiger partial charge < -0.3 is 14.4 Å². The molecule has 0 aromatic heterocycles. The summed E-state index contributed by atoms with van der Waals surface area (Å²) in [4.78, 5) is 15.4. The predicted molar refractivity (Wildman–Crippen MR) is 68.2 cm³/mol. The van der Waals surface area contributed by atoms with Crippen LogP contribution in [0.1, 0.15) is 0 Å². The van der Waals surface area contributed by atoms with E-state index in [1.807, 2.05) is 24.3 Å². The third-order valence-electron chi connectivity index (χ3n) is 3.30. The summed E-state index contributed by atoms with van der Waals surface area (Å²) in [6.45, 7) is 4.51. The maximum atomic E-state index is 11.4. The molecule has 0 unspecified atom stereocenters. The van der Waals surface area contributed by atoms with Gasteiger partial charge in [0.05, 0.1) is 19.8 Å². The molecule has 0 saturated carbocycles. The molecule has 5 heteroatoms. The van der Waals surface area contributed by atoms with Gasteiger partial charge in [-0.2, -0.15) is 0 Å². The van der Waals surface area contributed by atoms with E-state index in [4.69, 9.17) is 9.47 Å². The summed E-state index contributed by atoms with van der Waals surface area (Å²) in [7, 11) is 0. The maximum Gasteiger partial charge on any atom is 0.414 e. The second kappa shape index (κ2) is 4.86. The fourth-order valence-electron chi connectivity index (χ4n) is 2.29. The van der Waals surface area contributed by atoms with Gasteiger partial charge in [0.15, 0.2) is 0 Å². The quantitative estimate of drug-likeness (QED) is 0.795. The number of nitrogens with zero attached hydrogens (tertiary/aromatic N) is 2. The van der Waals surface area contributed by atoms with Crippen LogP contribution in [0.2, 0.25) is 0 Å². The molecule has 18 heavy (non-hydrogen) atoms. The lowest BCUT2D eigenvalue weighted by Crippen LogP contribution is -2.36. The minimum Gasteiger partial charge on any atom is -0.447 e. The lowest BCUT2D eigenvalue weighted by molar-refractivity contribution is 0.122. The normalized spacial score (nSPS) is 20.1. The molecule has 2 aliphatic rings. The van der Waals surface area contributed by atoms with Crippen molar-refractivity contribution in [2.24, 2.45) is 0 Å². The van der Waals surface area contributed by atoms with E-state index in [2.05, 4.69) is 4.90 Å². The number of hydrogen-bond acceptors (Lipinski definition) is 4. The van der Waals surface area contributed by atoms with Gasteiger partial charge in [0.1, 0.15) is 6.61 Å². The van der Waals surface area contributed by atoms with E-state index in [1.54, 1.807) is 4.90 Å². The molecule has 1 aromatic rings. The Morgan fingerprint density at radius 3 is 2.17 bits per heavy atom. The first-order valence-corrected chi connectivity index (χ1v) is 6.22. The Hall–Kier alpha value is -1.75. The van der Waals surface area contributed by atoms with Crippen molar-refractivity contribution in [1.82, 2.24) is 0 Å². The first-order valence-electron chi connectivity index (χ1n) is 6.22. The van der Waals surface area contributed by atoms with Crippen LogP contribution < -0.4 is 9.80 Å². The van der Waals surface area contributed by atoms with Crippen LogP contribution in [0.5, 0.6) is 0 Å². The van der Waals surface area contributed by atoms with Gasteiger partial charge >= 0.3 is 6.09 Å². The fourth-order valence-corrected chi connectivity index (χ4v) is 2.29. The second-order valence-electron chi connectivity index (χ2n) is 4.38. The molecule has 5 nitrogen and oxygen atoms in total. The van der Waals surface area contributed by atoms with Gasteiger partial charge in [0.25, 0.3) is 0 Å². The number of anilines is 2. The monoisotopic (exact) mass is 248 g/mol. The van der Waals surface area contributed by atoms with Crippen molar-refractivity contribution in [3.63, 3.8) is 0 Å². The highest BCUT2D eigenvalue weighted by atomic mass is 16.6. The number of ether oxygens (including phenoxy) is 2. The van der Waals surface area contributed by atoms with Crippen LogP contribution in [0.15, 0.2) is 24.3 Å². The molecule has 2 saturated heterocycles. The molecule has 3 rings (SSSR count). The molecule has 2 aliphatic heterocycles. The number of benzene rings is 1. The van der Waals surface area contributed by atoms with Crippen LogP contribution in [0.4, 0.5) is 16.2 Å². The first-order chi connectivity index (χ1) is 8.84. The molecular formula is C13H16N2O3. The summed E-state index contributed by atoms with van der Waals surface area (Å²) in [5, 5.41) is 0. The van der Waals surface area contributed by atoms with E-state index in [9.17, 15) is 4.79 Å². The standard InChI is InChI=1S/C13H16N2O3/c16-13-15(7-10-18-13)12-3-1-11(2-4-12)14-5-8-17-9-6-14/h1-4H,5-10H2. The van der Waals surface area contributed by atoms with Crippen molar-refractivity contribution in [1.29, 1.82) is 0 Å². The molecule has 0 atom stereocenters. The van der Waals surface area contributed by atoms with E-state index in [0.29, 0.717) is 13.2 Å². The second-order valence-corrected chi connectivity index (χ2v) is 4.38. The van der Waals surface area contributed by atoms with Crippen molar-refractivity contribution >= 4 is 17.5 Å². The minimum absolute atomic E-state index is 0.255. The zero-order chi connectivity index (χ0) is 12.4. The molecule has 96 valence electrons. The van der Waals surface area contributed by atoms with E-state index in [-0.39, 0.29) is 6.09 Å². The number of hydrogen-bond donors (Lipinski definition) is 0. The number of rotatable bonds is 2. The van der Waals surface area contributed by atoms with Gasteiger partial charge in [-0.25, -0.2) is 4.79 Å². The van der Waals surface area contributed by atoms with Gasteiger partial charge in [-0.3, -0.25) is 4.90 Å². The Labute approximate surface area is 106 Å². The smallest absolute Gasteiger partial charge is 0.414 e. The average molecular weight is 248 g/mol. The molecule has 0 radical (unpaired) electrons. The third-order valence-corrected chi connectivity index (χ3v) is 3.30. The highest BCUT2D eigenvalue weighted by Crippen LogP contribution is 2.23. The summed E-state index contributed by atoms with van der Waals surface area (Å²) >= 11 is 0. The highest BCUT2D eigenvalue weighted by molar-refractivity contribution is 5.89. The number of cyclic esters (lactones) is 1. The Bertz CT molecular complexity index is 426. The third kappa shape index (κ3) is 2.13. The number of morpholine rings is 1. The van der Waals surface area contributed by atoms with Crippen LogP contribution in [-0.2, 0) is 9.47 Å². The molecule has 1 aromatic carbocycles. The average Bonchev–Trinajstić information content (AvgIpc) is 2.86. The molecular weight excluding hydrogens is 232 g/mol. The molecule has 2 fully saturated rings. The molecule has 0 bridgehead atoms. The molecule has 2 heterocycles. The lowest BCUT2D eigenvalue weighted by atomic mass is 10.2. The van der Waals surface area contributed by atoms with E-state index in [1.165, 1.54) is 5.69 Å². The summed E-state index contributed by atoms with van der Waals surface area (Å²) in [6.07, 6.45) is -0.255. The number of amides is 1. The molecule has 0 N–H and O–H groups in total. The highest BCUT2D eigenvalue weighted by Gasteiger charge is 2.23. The zero-order valence-corrected chi connectivity index (χ0v) is 10.2. The molecule has 1 amide bonds. The Morgan fingerprint density at radius 1 is 0.889 bits per heavy atom. The first kappa shape index (κ1) is 11.3. The molecule has 0 aliphatic carbocycles. The van der Waals surface area contributed by atoms with Gasteiger partial charge in [-0.05, 0) is 24.3 Å². The van der Waals surface area contributed by atoms with E-state index >= 15 is 0 Å². The SMILES string of the molecule is O=C1OCCN1c1ccc(N2CCOCC2)cc1. The molecule has 0 spiro atoms. The maximum absolute atomic E-state index is 11.4. The predicted octanol–water partition coefficient (Wildman–Crippen LogP) is 1.48. The van der Waals surface area contributed by atoms with E-state index < -0.39 is 0 Å². The number of carbonyl (C=O) groups is 1. The minimum atomic E-state index is -0.255. The van der Waals surface area contributed by atoms with Gasteiger partial charge in [-0.1, -0.05) is 0 Å². The Balaban J connectivity index is 1.74. The topological polar surface area (TPSA) is 42.0 Å². The fraction of sp³-hybridized carbons (Fsp3) is 0.462. The lowest BCUT2D eigenvalue weighted by Gasteiger charge is -2.29. The van der Waals surface area contributed by atoms with Crippen molar-refractivity contribution < 1.29 is 14.3 Å². The van der Waals surface area contributed by atoms with Gasteiger partial charge in [0.2, 0.25) is 0 Å². The summed E-state index contributed by atoms with van der Waals surface area (Å²) in [5.74, 6) is 0. The van der Waals surface area contributed by atoms with Crippen LogP contribution in [0, 0.1) is 0 Å². The summed E-state index contributed by atoms with van der Waals surface area (Å²) in [5.41, 5.74) is 2.07. The van der Waals surface area contributed by atoms with Crippen molar-refractivity contribution in [3.05, 3.63) is 24.3 Å². The van der Waals surface area contributed by atoms with Crippen LogP contribution in [0.25, 0.3) is 0 Å². The van der Waals surface area contributed by atoms with Gasteiger partial charge in [-0.15, -0.1) is 0 Å². The van der Waals surface area contributed by atoms with Crippen molar-refractivity contribution in [2.45, 2.75) is 0 Å². The van der Waals surface area contributed by atoms with Crippen molar-refractivity contribution in [2.75, 3.05) is 49.3 Å². The largest absolute Gasteiger partial charge is 0.447 e. The zero-order valence-electron chi connectivity index (χ0n) is 10.2. The Morgan fingerprint density at radius 2 is 1.56 bits per heavy atom. The Kier molecular flexibility index (Phi) is 3.06. The van der Waals surface area contributed by atoms with E-state index in [0.717, 1.165) is 32.0 Å². The summed E-state index contributed by atoms with van der Waals surface area (Å²) in [6, 6.07) is 8.03. The summed E-state index contributed by atoms with van der Waals surface area (Å²) < 4.78 is 10.3. The van der Waals surface area contributed by atoms with Crippen LogP contribution in [0.3, 0.4) is 0 Å². The number of carbonyl (C=O) groups excluding carboxylic acids is 1. The van der Waals surface area contributed by atoms with Crippen molar-refractivity contribution in [3.8, 4) is 0 Å².